The van der Waals surface area contributed by atoms with Gasteiger partial charge < -0.3 is 10.1 Å². The van der Waals surface area contributed by atoms with Crippen molar-refractivity contribution in [2.75, 3.05) is 13.7 Å². The molecule has 0 spiro atoms. The number of nitrogens with one attached hydrogen (secondary N) is 1. The van der Waals surface area contributed by atoms with Crippen LogP contribution in [0.1, 0.15) is 5.56 Å². The highest BCUT2D eigenvalue weighted by molar-refractivity contribution is 5.93. The SMILES string of the molecule is COC(=O)CNC(=O)/C=C/c1ccc(F)cc1. The topological polar surface area (TPSA) is 55.4 Å². The highest BCUT2D eigenvalue weighted by Gasteiger charge is 2.01. The van der Waals surface area contributed by atoms with Crippen LogP contribution >= 0.6 is 0 Å². The molecule has 1 aromatic rings. The van der Waals surface area contributed by atoms with E-state index in [0.717, 1.165) is 0 Å². The zero-order valence-electron chi connectivity index (χ0n) is 9.27. The zero-order chi connectivity index (χ0) is 12.7. The molecule has 0 saturated carbocycles. The first-order chi connectivity index (χ1) is 8.11. The molecule has 0 aliphatic rings. The second-order valence-electron chi connectivity index (χ2n) is 3.18. The van der Waals surface area contributed by atoms with Crippen LogP contribution in [0.15, 0.2) is 30.3 Å². The maximum absolute atomic E-state index is 12.6. The lowest BCUT2D eigenvalue weighted by Gasteiger charge is -1.99. The van der Waals surface area contributed by atoms with E-state index in [9.17, 15) is 14.0 Å². The predicted molar refractivity (Wildman–Crippen MR) is 60.5 cm³/mol. The van der Waals surface area contributed by atoms with E-state index in [1.165, 1.54) is 31.4 Å². The van der Waals surface area contributed by atoms with Gasteiger partial charge >= 0.3 is 5.97 Å². The third-order valence-corrected chi connectivity index (χ3v) is 1.93. The fourth-order valence-electron chi connectivity index (χ4n) is 1.04. The summed E-state index contributed by atoms with van der Waals surface area (Å²) >= 11 is 0. The molecule has 1 amide bonds. The summed E-state index contributed by atoms with van der Waals surface area (Å²) in [7, 11) is 1.24. The number of ether oxygens (including phenoxy) is 1. The molecular formula is C12H12FNO3. The lowest BCUT2D eigenvalue weighted by Crippen LogP contribution is -2.28. The summed E-state index contributed by atoms with van der Waals surface area (Å²) in [6.07, 6.45) is 2.78. The number of methoxy groups -OCH3 is 1. The summed E-state index contributed by atoms with van der Waals surface area (Å²) in [6, 6.07) is 5.68. The van der Waals surface area contributed by atoms with Gasteiger partial charge in [-0.1, -0.05) is 12.1 Å². The van der Waals surface area contributed by atoms with Gasteiger partial charge in [-0.2, -0.15) is 0 Å². The predicted octanol–water partition coefficient (Wildman–Crippen LogP) is 1.13. The van der Waals surface area contributed by atoms with E-state index < -0.39 is 11.9 Å². The van der Waals surface area contributed by atoms with E-state index in [-0.39, 0.29) is 12.4 Å². The molecule has 0 saturated heterocycles. The summed E-state index contributed by atoms with van der Waals surface area (Å²) in [4.78, 5) is 21.9. The van der Waals surface area contributed by atoms with Gasteiger partial charge in [0.05, 0.1) is 7.11 Å². The number of carbonyl (C=O) groups excluding carboxylic acids is 2. The second kappa shape index (κ2) is 6.42. The third kappa shape index (κ3) is 4.92. The Morgan fingerprint density at radius 2 is 2.00 bits per heavy atom. The number of esters is 1. The van der Waals surface area contributed by atoms with Crippen molar-refractivity contribution < 1.29 is 18.7 Å². The number of amides is 1. The van der Waals surface area contributed by atoms with Crippen molar-refractivity contribution in [3.63, 3.8) is 0 Å². The molecule has 0 fully saturated rings. The van der Waals surface area contributed by atoms with Gasteiger partial charge in [-0.25, -0.2) is 4.39 Å². The van der Waals surface area contributed by atoms with Gasteiger partial charge in [0, 0.05) is 6.08 Å². The number of halogens is 1. The minimum atomic E-state index is -0.520. The van der Waals surface area contributed by atoms with Crippen LogP contribution in [0.2, 0.25) is 0 Å². The molecule has 0 aromatic heterocycles. The fourth-order valence-corrected chi connectivity index (χ4v) is 1.04. The Kier molecular flexibility index (Phi) is 4.87. The number of carbonyl (C=O) groups is 2. The monoisotopic (exact) mass is 237 g/mol. The molecule has 0 radical (unpaired) electrons. The Hall–Kier alpha value is -2.17. The van der Waals surface area contributed by atoms with Crippen LogP contribution in [0.4, 0.5) is 4.39 Å². The largest absolute Gasteiger partial charge is 0.468 e. The van der Waals surface area contributed by atoms with Gasteiger partial charge in [0.1, 0.15) is 12.4 Å². The molecule has 1 N–H and O–H groups in total. The number of benzene rings is 1. The first kappa shape index (κ1) is 12.9. The summed E-state index contributed by atoms with van der Waals surface area (Å²) in [6.45, 7) is -0.177. The van der Waals surface area contributed by atoms with E-state index in [1.54, 1.807) is 12.1 Å². The maximum Gasteiger partial charge on any atom is 0.325 e. The molecule has 4 nitrogen and oxygen atoms in total. The zero-order valence-corrected chi connectivity index (χ0v) is 9.27. The molecule has 17 heavy (non-hydrogen) atoms. The van der Waals surface area contributed by atoms with Crippen molar-refractivity contribution in [2.24, 2.45) is 0 Å². The third-order valence-electron chi connectivity index (χ3n) is 1.93. The minimum Gasteiger partial charge on any atom is -0.468 e. The molecule has 0 aliphatic heterocycles. The van der Waals surface area contributed by atoms with Crippen molar-refractivity contribution in [3.8, 4) is 0 Å². The average molecular weight is 237 g/mol. The Balaban J connectivity index is 2.45. The van der Waals surface area contributed by atoms with Crippen LogP contribution < -0.4 is 5.32 Å². The van der Waals surface area contributed by atoms with Gasteiger partial charge in [-0.05, 0) is 23.8 Å². The molecule has 5 heteroatoms. The first-order valence-corrected chi connectivity index (χ1v) is 4.90. The lowest BCUT2D eigenvalue weighted by atomic mass is 10.2. The van der Waals surface area contributed by atoms with Crippen LogP contribution in [-0.4, -0.2) is 25.5 Å². The summed E-state index contributed by atoms with van der Waals surface area (Å²) in [5.74, 6) is -1.27. The summed E-state index contributed by atoms with van der Waals surface area (Å²) in [5.41, 5.74) is 0.694. The van der Waals surface area contributed by atoms with Crippen molar-refractivity contribution in [3.05, 3.63) is 41.7 Å². The van der Waals surface area contributed by atoms with E-state index >= 15 is 0 Å². The van der Waals surface area contributed by atoms with Gasteiger partial charge in [-0.3, -0.25) is 9.59 Å². The smallest absolute Gasteiger partial charge is 0.325 e. The molecule has 0 heterocycles. The fraction of sp³-hybridized carbons (Fsp3) is 0.167. The highest BCUT2D eigenvalue weighted by atomic mass is 19.1. The van der Waals surface area contributed by atoms with E-state index in [2.05, 4.69) is 10.1 Å². The average Bonchev–Trinajstić information content (AvgIpc) is 2.35. The Morgan fingerprint density at radius 3 is 2.59 bits per heavy atom. The van der Waals surface area contributed by atoms with E-state index in [1.807, 2.05) is 0 Å². The van der Waals surface area contributed by atoms with Crippen molar-refractivity contribution in [1.82, 2.24) is 5.32 Å². The standard InChI is InChI=1S/C12H12FNO3/c1-17-12(16)8-14-11(15)7-4-9-2-5-10(13)6-3-9/h2-7H,8H2,1H3,(H,14,15)/b7-4+. The quantitative estimate of drug-likeness (QED) is 0.630. The molecule has 0 bridgehead atoms. The first-order valence-electron chi connectivity index (χ1n) is 4.90. The van der Waals surface area contributed by atoms with Gasteiger partial charge in [0.2, 0.25) is 5.91 Å². The maximum atomic E-state index is 12.6. The highest BCUT2D eigenvalue weighted by Crippen LogP contribution is 2.04. The molecule has 90 valence electrons. The Bertz CT molecular complexity index is 426. The second-order valence-corrected chi connectivity index (χ2v) is 3.18. The molecule has 0 atom stereocenters. The Morgan fingerprint density at radius 1 is 1.35 bits per heavy atom. The molecule has 0 aliphatic carbocycles. The molecular weight excluding hydrogens is 225 g/mol. The number of hydrogen-bond donors (Lipinski definition) is 1. The van der Waals surface area contributed by atoms with Crippen molar-refractivity contribution >= 4 is 18.0 Å². The van der Waals surface area contributed by atoms with Crippen LogP contribution in [0.5, 0.6) is 0 Å². The summed E-state index contributed by atoms with van der Waals surface area (Å²) < 4.78 is 16.9. The van der Waals surface area contributed by atoms with Crippen molar-refractivity contribution in [1.29, 1.82) is 0 Å². The summed E-state index contributed by atoms with van der Waals surface area (Å²) in [5, 5.41) is 2.34. The lowest BCUT2D eigenvalue weighted by molar-refractivity contribution is -0.140. The van der Waals surface area contributed by atoms with E-state index in [0.29, 0.717) is 5.56 Å². The molecule has 0 unspecified atom stereocenters. The van der Waals surface area contributed by atoms with Gasteiger partial charge in [0.15, 0.2) is 0 Å². The van der Waals surface area contributed by atoms with Crippen LogP contribution in [0.3, 0.4) is 0 Å². The Labute approximate surface area is 98.1 Å². The van der Waals surface area contributed by atoms with Crippen molar-refractivity contribution in [2.45, 2.75) is 0 Å². The minimum absolute atomic E-state index is 0.177. The molecule has 1 aromatic carbocycles. The molecule has 1 rings (SSSR count). The van der Waals surface area contributed by atoms with E-state index in [4.69, 9.17) is 0 Å². The van der Waals surface area contributed by atoms with Crippen LogP contribution in [0, 0.1) is 5.82 Å². The number of hydrogen-bond acceptors (Lipinski definition) is 3. The normalized spacial score (nSPS) is 10.2. The number of rotatable bonds is 4. The van der Waals surface area contributed by atoms with Crippen LogP contribution in [0.25, 0.3) is 6.08 Å². The van der Waals surface area contributed by atoms with Gasteiger partial charge in [0.25, 0.3) is 0 Å². The van der Waals surface area contributed by atoms with Gasteiger partial charge in [-0.15, -0.1) is 0 Å². The van der Waals surface area contributed by atoms with Crippen LogP contribution in [-0.2, 0) is 14.3 Å².